The van der Waals surface area contributed by atoms with Crippen LogP contribution in [0.2, 0.25) is 0 Å². The van der Waals surface area contributed by atoms with Gasteiger partial charge in [0.25, 0.3) is 5.56 Å². The molecule has 0 spiro atoms. The van der Waals surface area contributed by atoms with Crippen molar-refractivity contribution in [2.24, 2.45) is 0 Å². The predicted molar refractivity (Wildman–Crippen MR) is 119 cm³/mol. The van der Waals surface area contributed by atoms with E-state index in [9.17, 15) is 9.59 Å². The number of imidazole rings is 1. The van der Waals surface area contributed by atoms with Gasteiger partial charge in [-0.2, -0.15) is 0 Å². The summed E-state index contributed by atoms with van der Waals surface area (Å²) in [7, 11) is 0. The quantitative estimate of drug-likeness (QED) is 0.534. The number of H-pyrrole nitrogens is 1. The molecule has 9 heteroatoms. The molecule has 0 radical (unpaired) electrons. The molecule has 2 unspecified atom stereocenters. The number of fused-ring (bicyclic) bond motifs is 3. The summed E-state index contributed by atoms with van der Waals surface area (Å²) in [6.07, 6.45) is 9.38. The van der Waals surface area contributed by atoms with Crippen LogP contribution in [0.25, 0.3) is 16.9 Å². The lowest BCUT2D eigenvalue weighted by atomic mass is 9.97. The van der Waals surface area contributed by atoms with Crippen LogP contribution in [-0.4, -0.2) is 41.1 Å². The van der Waals surface area contributed by atoms with Gasteiger partial charge in [0, 0.05) is 41.9 Å². The second kappa shape index (κ2) is 7.28. The number of aromatic amines is 1. The highest BCUT2D eigenvalue weighted by Gasteiger charge is 2.41. The van der Waals surface area contributed by atoms with Gasteiger partial charge in [-0.15, -0.1) is 11.3 Å². The van der Waals surface area contributed by atoms with Gasteiger partial charge in [-0.25, -0.2) is 14.3 Å². The second-order valence-corrected chi connectivity index (χ2v) is 9.42. The fraction of sp³-hybridized carbons (Fsp3) is 0.364. The molecule has 0 aromatic carbocycles. The van der Waals surface area contributed by atoms with Gasteiger partial charge >= 0.3 is 5.69 Å². The van der Waals surface area contributed by atoms with E-state index in [2.05, 4.69) is 41.9 Å². The highest BCUT2D eigenvalue weighted by atomic mass is 32.1. The summed E-state index contributed by atoms with van der Waals surface area (Å²) in [6, 6.07) is 9.07. The van der Waals surface area contributed by atoms with Gasteiger partial charge in [-0.3, -0.25) is 19.7 Å². The van der Waals surface area contributed by atoms with E-state index in [0.29, 0.717) is 28.9 Å². The molecule has 2 saturated heterocycles. The zero-order valence-electron chi connectivity index (χ0n) is 16.8. The van der Waals surface area contributed by atoms with Crippen molar-refractivity contribution in [3.8, 4) is 5.69 Å². The first-order valence-electron chi connectivity index (χ1n) is 10.6. The standard InChI is InChI=1S/C22H22N6O2S/c29-20-19-21(28(22(30)25-20)14-5-7-23-8-6-14)27(13-24-19)17-10-15-3-4-16(11-17)26(15)12-18-2-1-9-31-18/h1-2,5-9,13,15-17H,3-4,10-12H2,(H,25,29,30). The van der Waals surface area contributed by atoms with E-state index in [1.807, 2.05) is 11.3 Å². The number of piperidine rings is 1. The Labute approximate surface area is 181 Å². The summed E-state index contributed by atoms with van der Waals surface area (Å²) in [5.74, 6) is 0. The van der Waals surface area contributed by atoms with E-state index in [1.54, 1.807) is 35.4 Å². The molecule has 0 saturated carbocycles. The minimum absolute atomic E-state index is 0.205. The van der Waals surface area contributed by atoms with Crippen LogP contribution >= 0.6 is 11.3 Å². The maximum atomic E-state index is 12.8. The monoisotopic (exact) mass is 434 g/mol. The largest absolute Gasteiger partial charge is 0.334 e. The van der Waals surface area contributed by atoms with Crippen molar-refractivity contribution in [2.45, 2.75) is 50.4 Å². The van der Waals surface area contributed by atoms with Crippen LogP contribution in [0.3, 0.4) is 0 Å². The number of hydrogen-bond donors (Lipinski definition) is 1. The number of pyridine rings is 1. The van der Waals surface area contributed by atoms with Gasteiger partial charge in [-0.05, 0) is 49.3 Å². The van der Waals surface area contributed by atoms with Crippen LogP contribution in [0, 0.1) is 0 Å². The highest BCUT2D eigenvalue weighted by Crippen LogP contribution is 2.42. The zero-order chi connectivity index (χ0) is 20.9. The van der Waals surface area contributed by atoms with E-state index in [1.165, 1.54) is 17.7 Å². The third-order valence-corrected chi connectivity index (χ3v) is 7.57. The molecule has 2 fully saturated rings. The third kappa shape index (κ3) is 3.07. The van der Waals surface area contributed by atoms with Crippen LogP contribution in [-0.2, 0) is 6.54 Å². The van der Waals surface area contributed by atoms with Crippen LogP contribution in [0.1, 0.15) is 36.6 Å². The van der Waals surface area contributed by atoms with E-state index >= 15 is 0 Å². The molecule has 2 aliphatic rings. The lowest BCUT2D eigenvalue weighted by molar-refractivity contribution is 0.101. The molecule has 2 bridgehead atoms. The average Bonchev–Trinajstić information content (AvgIpc) is 3.49. The molecule has 4 aromatic rings. The Morgan fingerprint density at radius 2 is 1.84 bits per heavy atom. The van der Waals surface area contributed by atoms with Gasteiger partial charge in [0.1, 0.15) is 0 Å². The minimum Gasteiger partial charge on any atom is -0.313 e. The molecule has 31 heavy (non-hydrogen) atoms. The molecule has 2 aliphatic heterocycles. The summed E-state index contributed by atoms with van der Waals surface area (Å²) >= 11 is 1.81. The molecule has 8 nitrogen and oxygen atoms in total. The van der Waals surface area contributed by atoms with Gasteiger partial charge in [0.2, 0.25) is 0 Å². The summed E-state index contributed by atoms with van der Waals surface area (Å²) in [6.45, 7) is 1.01. The second-order valence-electron chi connectivity index (χ2n) is 8.39. The first kappa shape index (κ1) is 18.7. The Balaban J connectivity index is 1.41. The summed E-state index contributed by atoms with van der Waals surface area (Å²) in [5, 5.41) is 2.14. The lowest BCUT2D eigenvalue weighted by Crippen LogP contribution is -2.43. The number of nitrogens with zero attached hydrogens (tertiary/aromatic N) is 5. The molecule has 1 N–H and O–H groups in total. The number of rotatable bonds is 4. The Kier molecular flexibility index (Phi) is 4.39. The van der Waals surface area contributed by atoms with Crippen molar-refractivity contribution in [1.29, 1.82) is 0 Å². The maximum Gasteiger partial charge on any atom is 0.334 e. The maximum absolute atomic E-state index is 12.8. The topological polar surface area (TPSA) is 88.8 Å². The summed E-state index contributed by atoms with van der Waals surface area (Å²) in [4.78, 5) is 40.2. The zero-order valence-corrected chi connectivity index (χ0v) is 17.7. The fourth-order valence-corrected chi connectivity index (χ4v) is 6.07. The van der Waals surface area contributed by atoms with Crippen molar-refractivity contribution >= 4 is 22.5 Å². The Hall–Kier alpha value is -3.04. The van der Waals surface area contributed by atoms with Crippen LogP contribution in [0.5, 0.6) is 0 Å². The van der Waals surface area contributed by atoms with Gasteiger partial charge in [-0.1, -0.05) is 6.07 Å². The molecular weight excluding hydrogens is 412 g/mol. The van der Waals surface area contributed by atoms with Crippen molar-refractivity contribution in [2.75, 3.05) is 0 Å². The number of thiophene rings is 1. The van der Waals surface area contributed by atoms with Gasteiger partial charge in [0.05, 0.1) is 12.0 Å². The Morgan fingerprint density at radius 1 is 1.06 bits per heavy atom. The first-order valence-corrected chi connectivity index (χ1v) is 11.5. The molecule has 0 aliphatic carbocycles. The van der Waals surface area contributed by atoms with E-state index in [4.69, 9.17) is 0 Å². The summed E-state index contributed by atoms with van der Waals surface area (Å²) < 4.78 is 3.60. The molecule has 0 amide bonds. The number of hydrogen-bond acceptors (Lipinski definition) is 6. The lowest BCUT2D eigenvalue weighted by Gasteiger charge is -2.39. The highest BCUT2D eigenvalue weighted by molar-refractivity contribution is 7.09. The van der Waals surface area contributed by atoms with Crippen LogP contribution < -0.4 is 11.2 Å². The fourth-order valence-electron chi connectivity index (χ4n) is 5.36. The molecule has 4 aromatic heterocycles. The smallest absolute Gasteiger partial charge is 0.313 e. The van der Waals surface area contributed by atoms with E-state index in [0.717, 1.165) is 19.4 Å². The SMILES string of the molecule is O=c1[nH]c(=O)n(-c2ccncc2)c2c1ncn2C1CC2CCC(C1)N2Cc1cccs1. The van der Waals surface area contributed by atoms with Crippen LogP contribution in [0.15, 0.2) is 58.0 Å². The number of nitrogens with one attached hydrogen (secondary N) is 1. The van der Waals surface area contributed by atoms with Crippen molar-refractivity contribution < 1.29 is 0 Å². The first-order chi connectivity index (χ1) is 15.2. The van der Waals surface area contributed by atoms with E-state index in [-0.39, 0.29) is 6.04 Å². The molecular formula is C22H22N6O2S. The van der Waals surface area contributed by atoms with Gasteiger partial charge < -0.3 is 4.57 Å². The van der Waals surface area contributed by atoms with Crippen molar-refractivity contribution in [1.82, 2.24) is 29.0 Å². The van der Waals surface area contributed by atoms with Crippen LogP contribution in [0.4, 0.5) is 0 Å². The predicted octanol–water partition coefficient (Wildman–Crippen LogP) is 2.70. The Bertz CT molecular complexity index is 1330. The Morgan fingerprint density at radius 3 is 2.55 bits per heavy atom. The minimum atomic E-state index is -0.455. The average molecular weight is 435 g/mol. The normalized spacial score (nSPS) is 23.5. The molecule has 158 valence electrons. The van der Waals surface area contributed by atoms with Gasteiger partial charge in [0.15, 0.2) is 11.2 Å². The van der Waals surface area contributed by atoms with E-state index < -0.39 is 11.2 Å². The molecule has 6 rings (SSSR count). The number of aromatic nitrogens is 5. The third-order valence-electron chi connectivity index (χ3n) is 6.71. The van der Waals surface area contributed by atoms with Crippen molar-refractivity contribution in [3.63, 3.8) is 0 Å². The molecule has 2 atom stereocenters. The summed E-state index contributed by atoms with van der Waals surface area (Å²) in [5.41, 5.74) is 0.632. The molecule has 6 heterocycles. The van der Waals surface area contributed by atoms with Crippen molar-refractivity contribution in [3.05, 3.63) is 74.1 Å².